The molecule has 0 radical (unpaired) electrons. The van der Waals surface area contributed by atoms with Crippen LogP contribution >= 0.6 is 11.8 Å². The third kappa shape index (κ3) is 7.98. The second kappa shape index (κ2) is 14.0. The number of benzene rings is 3. The molecule has 1 atom stereocenters. The normalized spacial score (nSPS) is 17.5. The van der Waals surface area contributed by atoms with Crippen molar-refractivity contribution >= 4 is 35.7 Å². The molecule has 3 amide bonds. The maximum Gasteiger partial charge on any atom is 0.271 e. The maximum absolute atomic E-state index is 12.6. The maximum atomic E-state index is 12.6. The number of hydrazone groups is 1. The summed E-state index contributed by atoms with van der Waals surface area (Å²) < 4.78 is 5.60. The predicted molar refractivity (Wildman–Crippen MR) is 161 cm³/mol. The van der Waals surface area contributed by atoms with Crippen molar-refractivity contribution in [3.8, 4) is 5.75 Å². The van der Waals surface area contributed by atoms with Crippen molar-refractivity contribution in [1.29, 1.82) is 0 Å². The van der Waals surface area contributed by atoms with Crippen LogP contribution in [0.1, 0.15) is 64.5 Å². The first-order valence-electron chi connectivity index (χ1n) is 14.0. The Hall–Kier alpha value is -4.11. The number of hydrogen-bond donors (Lipinski definition) is 2. The van der Waals surface area contributed by atoms with Gasteiger partial charge < -0.3 is 15.0 Å². The molecule has 212 valence electrons. The van der Waals surface area contributed by atoms with Crippen LogP contribution in [0.3, 0.4) is 0 Å². The first-order chi connectivity index (χ1) is 20.0. The van der Waals surface area contributed by atoms with Gasteiger partial charge in [0, 0.05) is 18.2 Å². The summed E-state index contributed by atoms with van der Waals surface area (Å²) in [6, 6.07) is 24.6. The molecular weight excluding hydrogens is 536 g/mol. The fraction of sp³-hybridized carbons (Fsp3) is 0.312. The topological polar surface area (TPSA) is 100 Å². The number of carbonyl (C=O) groups excluding carboxylic acids is 3. The van der Waals surface area contributed by atoms with E-state index in [0.717, 1.165) is 29.5 Å². The molecule has 0 bridgehead atoms. The SMILES string of the molecule is O=C(COc1ccc(/C=N\NC(=O)c2ccc([C@H]3SCC(=O)N3Cc3ccccc3)cc2)cc1)NC1CCCCC1. The van der Waals surface area contributed by atoms with Crippen LogP contribution in [0.25, 0.3) is 0 Å². The van der Waals surface area contributed by atoms with Crippen molar-refractivity contribution in [1.82, 2.24) is 15.6 Å². The Bertz CT molecular complexity index is 1360. The van der Waals surface area contributed by atoms with E-state index in [1.54, 1.807) is 54.4 Å². The molecule has 0 aromatic heterocycles. The minimum Gasteiger partial charge on any atom is -0.484 e. The lowest BCUT2D eigenvalue weighted by molar-refractivity contribution is -0.128. The molecule has 1 aliphatic heterocycles. The van der Waals surface area contributed by atoms with Crippen molar-refractivity contribution in [3.63, 3.8) is 0 Å². The van der Waals surface area contributed by atoms with E-state index < -0.39 is 0 Å². The molecule has 3 aromatic carbocycles. The summed E-state index contributed by atoms with van der Waals surface area (Å²) >= 11 is 1.59. The Morgan fingerprint density at radius 2 is 1.68 bits per heavy atom. The van der Waals surface area contributed by atoms with Gasteiger partial charge in [-0.15, -0.1) is 11.8 Å². The number of hydrogen-bond acceptors (Lipinski definition) is 6. The van der Waals surface area contributed by atoms with Gasteiger partial charge in [0.15, 0.2) is 6.61 Å². The summed E-state index contributed by atoms with van der Waals surface area (Å²) in [5, 5.41) is 7.02. The Balaban J connectivity index is 1.08. The lowest BCUT2D eigenvalue weighted by atomic mass is 9.95. The van der Waals surface area contributed by atoms with Gasteiger partial charge in [-0.2, -0.15) is 5.10 Å². The summed E-state index contributed by atoms with van der Waals surface area (Å²) in [4.78, 5) is 39.2. The van der Waals surface area contributed by atoms with Crippen molar-refractivity contribution in [2.45, 2.75) is 50.1 Å². The van der Waals surface area contributed by atoms with E-state index in [0.29, 0.717) is 23.6 Å². The van der Waals surface area contributed by atoms with Crippen LogP contribution in [0.4, 0.5) is 0 Å². The van der Waals surface area contributed by atoms with Crippen molar-refractivity contribution in [2.75, 3.05) is 12.4 Å². The van der Waals surface area contributed by atoms with Crippen molar-refractivity contribution in [3.05, 3.63) is 101 Å². The number of carbonyl (C=O) groups is 3. The molecule has 3 aromatic rings. The van der Waals surface area contributed by atoms with E-state index in [9.17, 15) is 14.4 Å². The summed E-state index contributed by atoms with van der Waals surface area (Å²) in [7, 11) is 0. The van der Waals surface area contributed by atoms with Crippen LogP contribution in [0, 0.1) is 0 Å². The monoisotopic (exact) mass is 570 g/mol. The molecule has 2 fully saturated rings. The average molecular weight is 571 g/mol. The predicted octanol–water partition coefficient (Wildman–Crippen LogP) is 5.05. The van der Waals surface area contributed by atoms with E-state index >= 15 is 0 Å². The van der Waals surface area contributed by atoms with Gasteiger partial charge in [0.25, 0.3) is 11.8 Å². The molecule has 0 spiro atoms. The number of ether oxygens (including phenoxy) is 1. The zero-order valence-corrected chi connectivity index (χ0v) is 23.6. The molecule has 8 nitrogen and oxygen atoms in total. The van der Waals surface area contributed by atoms with E-state index in [-0.39, 0.29) is 35.7 Å². The number of nitrogens with one attached hydrogen (secondary N) is 2. The van der Waals surface area contributed by atoms with E-state index in [2.05, 4.69) is 15.8 Å². The third-order valence-electron chi connectivity index (χ3n) is 7.22. The Morgan fingerprint density at radius 1 is 0.951 bits per heavy atom. The molecule has 2 aliphatic rings. The second-order valence-corrected chi connectivity index (χ2v) is 11.3. The van der Waals surface area contributed by atoms with Gasteiger partial charge in [0.1, 0.15) is 11.1 Å². The van der Waals surface area contributed by atoms with Crippen LogP contribution in [0.2, 0.25) is 0 Å². The molecule has 0 unspecified atom stereocenters. The second-order valence-electron chi connectivity index (χ2n) is 10.3. The number of amides is 3. The molecule has 41 heavy (non-hydrogen) atoms. The van der Waals surface area contributed by atoms with Crippen LogP contribution < -0.4 is 15.5 Å². The third-order valence-corrected chi connectivity index (χ3v) is 8.48. The zero-order chi connectivity index (χ0) is 28.4. The molecule has 9 heteroatoms. The van der Waals surface area contributed by atoms with Gasteiger partial charge in [0.2, 0.25) is 5.91 Å². The summed E-state index contributed by atoms with van der Waals surface area (Å²) in [6.07, 6.45) is 7.20. The molecule has 1 heterocycles. The molecule has 5 rings (SSSR count). The first kappa shape index (κ1) is 28.4. The Labute approximate surface area is 244 Å². The minimum atomic E-state index is -0.326. The first-order valence-corrected chi connectivity index (χ1v) is 15.0. The quantitative estimate of drug-likeness (QED) is 0.262. The number of rotatable bonds is 10. The largest absolute Gasteiger partial charge is 0.484 e. The van der Waals surface area contributed by atoms with E-state index in [1.165, 1.54) is 19.3 Å². The van der Waals surface area contributed by atoms with Gasteiger partial charge in [-0.25, -0.2) is 5.43 Å². The highest BCUT2D eigenvalue weighted by atomic mass is 32.2. The summed E-state index contributed by atoms with van der Waals surface area (Å²) in [5.41, 5.74) is 5.87. The van der Waals surface area contributed by atoms with Crippen LogP contribution in [0.15, 0.2) is 84.0 Å². The molecule has 1 saturated heterocycles. The van der Waals surface area contributed by atoms with Crippen molar-refractivity contribution in [2.24, 2.45) is 5.10 Å². The van der Waals surface area contributed by atoms with Crippen LogP contribution in [0.5, 0.6) is 5.75 Å². The van der Waals surface area contributed by atoms with Crippen molar-refractivity contribution < 1.29 is 19.1 Å². The molecule has 1 aliphatic carbocycles. The standard InChI is InChI=1S/C32H34N4O4S/c37-29(34-27-9-5-2-6-10-27)21-40-28-17-11-23(12-18-28)19-33-35-31(39)25-13-15-26(16-14-25)32-36(30(38)22-41-32)20-24-7-3-1-4-8-24/h1,3-4,7-8,11-19,27,32H,2,5-6,9-10,20-22H2,(H,34,37)(H,35,39)/b33-19-/t32-/m1/s1. The lowest BCUT2D eigenvalue weighted by Crippen LogP contribution is -2.38. The molecular formula is C32H34N4O4S. The lowest BCUT2D eigenvalue weighted by Gasteiger charge is -2.24. The van der Waals surface area contributed by atoms with Gasteiger partial charge in [-0.05, 0) is 65.9 Å². The Kier molecular flexibility index (Phi) is 9.69. The van der Waals surface area contributed by atoms with Gasteiger partial charge >= 0.3 is 0 Å². The summed E-state index contributed by atoms with van der Waals surface area (Å²) in [5.74, 6) is 0.720. The van der Waals surface area contributed by atoms with Gasteiger partial charge in [-0.1, -0.05) is 61.7 Å². The highest BCUT2D eigenvalue weighted by Gasteiger charge is 2.32. The van der Waals surface area contributed by atoms with E-state index in [1.807, 2.05) is 47.4 Å². The highest BCUT2D eigenvalue weighted by Crippen LogP contribution is 2.39. The molecule has 2 N–H and O–H groups in total. The minimum absolute atomic E-state index is 0.0143. The van der Waals surface area contributed by atoms with E-state index in [4.69, 9.17) is 4.74 Å². The Morgan fingerprint density at radius 3 is 2.41 bits per heavy atom. The number of nitrogens with zero attached hydrogens (tertiary/aromatic N) is 2. The van der Waals surface area contributed by atoms with Gasteiger partial charge in [-0.3, -0.25) is 14.4 Å². The van der Waals surface area contributed by atoms with Crippen LogP contribution in [-0.4, -0.2) is 47.2 Å². The smallest absolute Gasteiger partial charge is 0.271 e. The fourth-order valence-corrected chi connectivity index (χ4v) is 6.21. The average Bonchev–Trinajstić information content (AvgIpc) is 3.37. The van der Waals surface area contributed by atoms with Gasteiger partial charge in [0.05, 0.1) is 12.0 Å². The van der Waals surface area contributed by atoms with Crippen LogP contribution in [-0.2, 0) is 16.1 Å². The highest BCUT2D eigenvalue weighted by molar-refractivity contribution is 8.00. The fourth-order valence-electron chi connectivity index (χ4n) is 5.03. The molecule has 1 saturated carbocycles. The summed E-state index contributed by atoms with van der Waals surface area (Å²) in [6.45, 7) is 0.538. The zero-order valence-electron chi connectivity index (χ0n) is 22.8. The number of thioether (sulfide) groups is 1.